The summed E-state index contributed by atoms with van der Waals surface area (Å²) in [6, 6.07) is 12.2. The normalized spacial score (nSPS) is 11.4. The minimum absolute atomic E-state index is 0.140. The highest BCUT2D eigenvalue weighted by atomic mass is 16.5. The van der Waals surface area contributed by atoms with Crippen LogP contribution in [-0.2, 0) is 11.2 Å². The molecular formula is C18H22N4O3. The molecule has 132 valence electrons. The van der Waals surface area contributed by atoms with Crippen molar-refractivity contribution in [2.75, 3.05) is 18.5 Å². The summed E-state index contributed by atoms with van der Waals surface area (Å²) in [5.41, 5.74) is 6.40. The van der Waals surface area contributed by atoms with Gasteiger partial charge in [0.15, 0.2) is 0 Å². The summed E-state index contributed by atoms with van der Waals surface area (Å²) in [6.07, 6.45) is 2.01. The van der Waals surface area contributed by atoms with Gasteiger partial charge in [-0.1, -0.05) is 18.2 Å². The molecule has 2 rings (SSSR count). The number of ether oxygens (including phenoxy) is 1. The van der Waals surface area contributed by atoms with Crippen molar-refractivity contribution in [3.8, 4) is 5.75 Å². The maximum absolute atomic E-state index is 11.9. The van der Waals surface area contributed by atoms with Crippen molar-refractivity contribution >= 4 is 17.8 Å². The minimum Gasteiger partial charge on any atom is -0.494 e. The zero-order chi connectivity index (χ0) is 18.1. The van der Waals surface area contributed by atoms with Crippen LogP contribution in [0, 0.1) is 5.92 Å². The molecule has 0 fully saturated rings. The van der Waals surface area contributed by atoms with Crippen molar-refractivity contribution in [3.63, 3.8) is 0 Å². The van der Waals surface area contributed by atoms with E-state index >= 15 is 0 Å². The molecule has 0 spiro atoms. The molecule has 25 heavy (non-hydrogen) atoms. The first kappa shape index (κ1) is 18.3. The van der Waals surface area contributed by atoms with Gasteiger partial charge in [0.05, 0.1) is 12.5 Å². The number of carbonyl (C=O) groups excluding carboxylic acids is 2. The summed E-state index contributed by atoms with van der Waals surface area (Å²) < 4.78 is 5.39. The molecule has 2 aromatic rings. The lowest BCUT2D eigenvalue weighted by Crippen LogP contribution is -2.39. The van der Waals surface area contributed by atoms with Gasteiger partial charge < -0.3 is 15.8 Å². The van der Waals surface area contributed by atoms with Gasteiger partial charge in [-0.25, -0.2) is 9.78 Å². The van der Waals surface area contributed by atoms with Gasteiger partial charge in [0.25, 0.3) is 0 Å². The summed E-state index contributed by atoms with van der Waals surface area (Å²) in [4.78, 5) is 27.5. The van der Waals surface area contributed by atoms with E-state index in [0.29, 0.717) is 18.8 Å². The fourth-order valence-electron chi connectivity index (χ4n) is 2.26. The molecule has 0 unspecified atom stereocenters. The van der Waals surface area contributed by atoms with E-state index in [4.69, 9.17) is 10.5 Å². The Morgan fingerprint density at radius 3 is 2.56 bits per heavy atom. The number of hydrogen-bond donors (Lipinski definition) is 3. The van der Waals surface area contributed by atoms with Crippen LogP contribution in [0.3, 0.4) is 0 Å². The van der Waals surface area contributed by atoms with Gasteiger partial charge in [0.2, 0.25) is 5.91 Å². The number of primary amides is 1. The van der Waals surface area contributed by atoms with E-state index in [1.54, 1.807) is 24.4 Å². The fourth-order valence-corrected chi connectivity index (χ4v) is 2.26. The van der Waals surface area contributed by atoms with Crippen LogP contribution in [0.15, 0.2) is 48.7 Å². The molecule has 7 heteroatoms. The van der Waals surface area contributed by atoms with E-state index in [0.717, 1.165) is 11.3 Å². The van der Waals surface area contributed by atoms with Crippen LogP contribution < -0.4 is 21.1 Å². The Morgan fingerprint density at radius 1 is 1.20 bits per heavy atom. The van der Waals surface area contributed by atoms with Crippen molar-refractivity contribution < 1.29 is 14.3 Å². The van der Waals surface area contributed by atoms with E-state index in [-0.39, 0.29) is 6.54 Å². The Balaban J connectivity index is 1.87. The number of benzene rings is 1. The molecule has 4 N–H and O–H groups in total. The smallest absolute Gasteiger partial charge is 0.320 e. The second-order valence-electron chi connectivity index (χ2n) is 5.43. The van der Waals surface area contributed by atoms with Gasteiger partial charge in [-0.2, -0.15) is 0 Å². The molecule has 1 heterocycles. The van der Waals surface area contributed by atoms with Crippen LogP contribution in [0.25, 0.3) is 0 Å². The largest absolute Gasteiger partial charge is 0.494 e. The topological polar surface area (TPSA) is 106 Å². The summed E-state index contributed by atoms with van der Waals surface area (Å²) in [6.45, 7) is 2.65. The predicted molar refractivity (Wildman–Crippen MR) is 95.3 cm³/mol. The number of nitrogens with one attached hydrogen (secondary N) is 2. The Hall–Kier alpha value is -3.09. The average molecular weight is 342 g/mol. The number of aromatic nitrogens is 1. The predicted octanol–water partition coefficient (Wildman–Crippen LogP) is 1.95. The first-order chi connectivity index (χ1) is 12.1. The zero-order valence-electron chi connectivity index (χ0n) is 14.1. The monoisotopic (exact) mass is 342 g/mol. The lowest BCUT2D eigenvalue weighted by molar-refractivity contribution is -0.121. The number of anilines is 1. The molecular weight excluding hydrogens is 320 g/mol. The van der Waals surface area contributed by atoms with Crippen LogP contribution in [0.4, 0.5) is 10.6 Å². The molecule has 1 aromatic heterocycles. The third-order valence-corrected chi connectivity index (χ3v) is 3.53. The summed E-state index contributed by atoms with van der Waals surface area (Å²) in [7, 11) is 0. The van der Waals surface area contributed by atoms with Crippen molar-refractivity contribution in [2.45, 2.75) is 13.3 Å². The molecule has 0 radical (unpaired) electrons. The Morgan fingerprint density at radius 2 is 1.96 bits per heavy atom. The highest BCUT2D eigenvalue weighted by molar-refractivity contribution is 5.88. The summed E-state index contributed by atoms with van der Waals surface area (Å²) in [5.74, 6) is 0.233. The lowest BCUT2D eigenvalue weighted by atomic mass is 9.98. The average Bonchev–Trinajstić information content (AvgIpc) is 2.61. The van der Waals surface area contributed by atoms with Gasteiger partial charge >= 0.3 is 6.03 Å². The highest BCUT2D eigenvalue weighted by Crippen LogP contribution is 2.15. The van der Waals surface area contributed by atoms with Crippen molar-refractivity contribution in [2.24, 2.45) is 11.7 Å². The molecule has 1 aromatic carbocycles. The zero-order valence-corrected chi connectivity index (χ0v) is 14.1. The van der Waals surface area contributed by atoms with Crippen molar-refractivity contribution in [1.29, 1.82) is 0 Å². The number of urea groups is 1. The SMILES string of the molecule is CCOc1ccc(C[C@H](CNC(=O)Nc2ccccn2)C(N)=O)cc1. The number of carbonyl (C=O) groups is 2. The molecule has 7 nitrogen and oxygen atoms in total. The number of hydrogen-bond acceptors (Lipinski definition) is 4. The third-order valence-electron chi connectivity index (χ3n) is 3.53. The van der Waals surface area contributed by atoms with E-state index in [2.05, 4.69) is 15.6 Å². The maximum Gasteiger partial charge on any atom is 0.320 e. The number of amides is 3. The molecule has 0 aliphatic heterocycles. The standard InChI is InChI=1S/C18H22N4O3/c1-2-25-15-8-6-13(7-9-15)11-14(17(19)23)12-21-18(24)22-16-5-3-4-10-20-16/h3-10,14H,2,11-12H2,1H3,(H2,19,23)(H2,20,21,22,24)/t14-/m1/s1. The van der Waals surface area contributed by atoms with Crippen LogP contribution in [-0.4, -0.2) is 30.1 Å². The Labute approximate surface area is 146 Å². The molecule has 0 aliphatic rings. The lowest BCUT2D eigenvalue weighted by Gasteiger charge is -2.15. The highest BCUT2D eigenvalue weighted by Gasteiger charge is 2.17. The quantitative estimate of drug-likeness (QED) is 0.681. The summed E-state index contributed by atoms with van der Waals surface area (Å²) in [5, 5.41) is 5.24. The van der Waals surface area contributed by atoms with Crippen molar-refractivity contribution in [1.82, 2.24) is 10.3 Å². The van der Waals surface area contributed by atoms with E-state index in [1.165, 1.54) is 0 Å². The van der Waals surface area contributed by atoms with Gasteiger partial charge in [0.1, 0.15) is 11.6 Å². The van der Waals surface area contributed by atoms with Crippen LogP contribution in [0.5, 0.6) is 5.75 Å². The first-order valence-electron chi connectivity index (χ1n) is 8.05. The van der Waals surface area contributed by atoms with Crippen LogP contribution in [0.2, 0.25) is 0 Å². The minimum atomic E-state index is -0.507. The first-order valence-corrected chi connectivity index (χ1v) is 8.05. The number of pyridine rings is 1. The van der Waals surface area contributed by atoms with E-state index < -0.39 is 17.9 Å². The molecule has 0 aliphatic carbocycles. The second kappa shape index (κ2) is 9.27. The Kier molecular flexibility index (Phi) is 6.76. The van der Waals surface area contributed by atoms with Crippen molar-refractivity contribution in [3.05, 3.63) is 54.2 Å². The molecule has 3 amide bonds. The Bertz CT molecular complexity index is 689. The molecule has 0 bridgehead atoms. The van der Waals surface area contributed by atoms with Gasteiger partial charge in [-0.15, -0.1) is 0 Å². The van der Waals surface area contributed by atoms with Crippen LogP contribution in [0.1, 0.15) is 12.5 Å². The second-order valence-corrected chi connectivity index (χ2v) is 5.43. The summed E-state index contributed by atoms with van der Waals surface area (Å²) >= 11 is 0. The molecule has 0 saturated carbocycles. The van der Waals surface area contributed by atoms with E-state index in [9.17, 15) is 9.59 Å². The molecule has 0 saturated heterocycles. The fraction of sp³-hybridized carbons (Fsp3) is 0.278. The maximum atomic E-state index is 11.9. The van der Waals surface area contributed by atoms with Crippen LogP contribution >= 0.6 is 0 Å². The number of rotatable bonds is 8. The third kappa shape index (κ3) is 6.14. The van der Waals surface area contributed by atoms with Gasteiger partial charge in [0, 0.05) is 12.7 Å². The molecule has 1 atom stereocenters. The number of nitrogens with zero attached hydrogens (tertiary/aromatic N) is 1. The van der Waals surface area contributed by atoms with Gasteiger partial charge in [-0.05, 0) is 43.2 Å². The van der Waals surface area contributed by atoms with E-state index in [1.807, 2.05) is 31.2 Å². The van der Waals surface area contributed by atoms with Gasteiger partial charge in [-0.3, -0.25) is 10.1 Å². The number of nitrogens with two attached hydrogens (primary N) is 1.